The number of fused-ring (bicyclic) bond motifs is 1. The number of anilines is 2. The zero-order valence-electron chi connectivity index (χ0n) is 18.1. The van der Waals surface area contributed by atoms with Gasteiger partial charge in [-0.05, 0) is 49.4 Å². The Morgan fingerprint density at radius 1 is 0.912 bits per heavy atom. The van der Waals surface area contributed by atoms with E-state index in [1.807, 2.05) is 17.6 Å². The average Bonchev–Trinajstić information content (AvgIpc) is 3.24. The number of nitrogens with one attached hydrogen (secondary N) is 2. The van der Waals surface area contributed by atoms with Gasteiger partial charge in [0, 0.05) is 35.4 Å². The maximum Gasteiger partial charge on any atom is 0.323 e. The first-order valence-electron chi connectivity index (χ1n) is 10.4. The largest absolute Gasteiger partial charge is 0.457 e. The van der Waals surface area contributed by atoms with Crippen molar-refractivity contribution in [1.29, 1.82) is 0 Å². The molecule has 0 bridgehead atoms. The monoisotopic (exact) mass is 454 g/mol. The fourth-order valence-electron chi connectivity index (χ4n) is 3.40. The van der Waals surface area contributed by atoms with Gasteiger partial charge in [-0.3, -0.25) is 9.55 Å². The number of hydrogen-bond acceptors (Lipinski definition) is 5. The molecule has 0 aliphatic rings. The van der Waals surface area contributed by atoms with Gasteiger partial charge in [0.1, 0.15) is 23.6 Å². The minimum absolute atomic E-state index is 0.354. The highest BCUT2D eigenvalue weighted by Crippen LogP contribution is 2.27. The quantitative estimate of drug-likeness (QED) is 0.355. The summed E-state index contributed by atoms with van der Waals surface area (Å²) < 4.78 is 21.2. The topological polar surface area (TPSA) is 94.0 Å². The molecule has 2 N–H and O–H groups in total. The highest BCUT2D eigenvalue weighted by molar-refractivity contribution is 5.99. The summed E-state index contributed by atoms with van der Waals surface area (Å²) in [6, 6.07) is 17.5. The van der Waals surface area contributed by atoms with E-state index in [0.29, 0.717) is 34.2 Å². The molecule has 168 valence electrons. The van der Waals surface area contributed by atoms with Gasteiger partial charge in [0.15, 0.2) is 5.82 Å². The molecule has 0 unspecified atom stereocenters. The maximum atomic E-state index is 13.3. The molecule has 0 radical (unpaired) electrons. The van der Waals surface area contributed by atoms with Crippen molar-refractivity contribution in [2.45, 2.75) is 6.92 Å². The van der Waals surface area contributed by atoms with Crippen LogP contribution in [0.15, 0.2) is 85.5 Å². The first-order valence-corrected chi connectivity index (χ1v) is 10.4. The van der Waals surface area contributed by atoms with Crippen molar-refractivity contribution in [2.24, 2.45) is 0 Å². The van der Waals surface area contributed by atoms with Gasteiger partial charge in [-0.1, -0.05) is 12.1 Å². The van der Waals surface area contributed by atoms with E-state index in [0.717, 1.165) is 11.2 Å². The molecule has 2 amide bonds. The summed E-state index contributed by atoms with van der Waals surface area (Å²) in [5.41, 5.74) is 3.23. The molecule has 5 rings (SSSR count). The van der Waals surface area contributed by atoms with Crippen LogP contribution in [-0.4, -0.2) is 25.6 Å². The molecule has 2 aromatic heterocycles. The number of hydrogen-bond donors (Lipinski definition) is 2. The van der Waals surface area contributed by atoms with Gasteiger partial charge in [-0.15, -0.1) is 0 Å². The molecule has 9 heteroatoms. The number of benzene rings is 3. The second-order valence-corrected chi connectivity index (χ2v) is 7.50. The van der Waals surface area contributed by atoms with Crippen molar-refractivity contribution in [2.75, 3.05) is 10.6 Å². The number of carbonyl (C=O) groups excluding carboxylic acids is 1. The van der Waals surface area contributed by atoms with Crippen molar-refractivity contribution in [3.05, 3.63) is 97.0 Å². The number of aromatic nitrogens is 4. The van der Waals surface area contributed by atoms with Crippen molar-refractivity contribution in [1.82, 2.24) is 19.5 Å². The Morgan fingerprint density at radius 3 is 2.44 bits per heavy atom. The molecule has 8 nitrogen and oxygen atoms in total. The number of aryl methyl sites for hydroxylation is 1. The first kappa shape index (κ1) is 21.1. The highest BCUT2D eigenvalue weighted by Gasteiger charge is 2.08. The second kappa shape index (κ2) is 8.99. The van der Waals surface area contributed by atoms with Crippen LogP contribution in [0.4, 0.5) is 20.6 Å². The Labute approximate surface area is 194 Å². The van der Waals surface area contributed by atoms with Crippen LogP contribution in [0, 0.1) is 12.7 Å². The maximum absolute atomic E-state index is 13.3. The van der Waals surface area contributed by atoms with Gasteiger partial charge >= 0.3 is 6.03 Å². The van der Waals surface area contributed by atoms with Crippen LogP contribution in [0.2, 0.25) is 0 Å². The molecule has 0 fully saturated rings. The Hall–Kier alpha value is -4.79. The van der Waals surface area contributed by atoms with Crippen LogP contribution in [0.1, 0.15) is 5.69 Å². The van der Waals surface area contributed by atoms with Crippen molar-refractivity contribution in [3.63, 3.8) is 0 Å². The lowest BCUT2D eigenvalue weighted by molar-refractivity contribution is 0.262. The fourth-order valence-corrected chi connectivity index (χ4v) is 3.40. The number of imidazole rings is 1. The molecule has 3 aromatic carbocycles. The van der Waals surface area contributed by atoms with E-state index in [4.69, 9.17) is 4.74 Å². The summed E-state index contributed by atoms with van der Waals surface area (Å²) in [7, 11) is 0. The van der Waals surface area contributed by atoms with Gasteiger partial charge in [-0.2, -0.15) is 0 Å². The number of nitrogens with zero attached hydrogens (tertiary/aromatic N) is 4. The zero-order chi connectivity index (χ0) is 23.5. The van der Waals surface area contributed by atoms with Crippen LogP contribution in [0.3, 0.4) is 0 Å². The zero-order valence-corrected chi connectivity index (χ0v) is 18.1. The smallest absolute Gasteiger partial charge is 0.323 e. The highest BCUT2D eigenvalue weighted by atomic mass is 19.1. The van der Waals surface area contributed by atoms with Gasteiger partial charge in [0.2, 0.25) is 0 Å². The summed E-state index contributed by atoms with van der Waals surface area (Å²) in [6.45, 7) is 1.94. The minimum Gasteiger partial charge on any atom is -0.457 e. The van der Waals surface area contributed by atoms with E-state index in [1.54, 1.807) is 61.2 Å². The molecular formula is C25H19FN6O2. The second-order valence-electron chi connectivity index (χ2n) is 7.50. The van der Waals surface area contributed by atoms with Crippen molar-refractivity contribution in [3.8, 4) is 17.3 Å². The van der Waals surface area contributed by atoms with E-state index in [2.05, 4.69) is 25.6 Å². The normalized spacial score (nSPS) is 10.8. The van der Waals surface area contributed by atoms with E-state index < -0.39 is 11.8 Å². The average molecular weight is 454 g/mol. The SMILES string of the molecule is Cc1cncn1-c1cnc2ccc(Oc3cccc(NC(=O)Nc4cccc(F)c4)c3)cc2n1. The molecule has 0 saturated heterocycles. The fraction of sp³-hybridized carbons (Fsp3) is 0.0400. The van der Waals surface area contributed by atoms with Gasteiger partial charge in [-0.25, -0.2) is 19.2 Å². The van der Waals surface area contributed by atoms with E-state index in [1.165, 1.54) is 18.2 Å². The third kappa shape index (κ3) is 4.68. The van der Waals surface area contributed by atoms with Gasteiger partial charge in [0.25, 0.3) is 0 Å². The number of rotatable bonds is 5. The van der Waals surface area contributed by atoms with E-state index in [9.17, 15) is 9.18 Å². The third-order valence-electron chi connectivity index (χ3n) is 4.98. The first-order chi connectivity index (χ1) is 16.5. The lowest BCUT2D eigenvalue weighted by Crippen LogP contribution is -2.19. The predicted molar refractivity (Wildman–Crippen MR) is 127 cm³/mol. The van der Waals surface area contributed by atoms with E-state index in [-0.39, 0.29) is 0 Å². The van der Waals surface area contributed by atoms with Crippen LogP contribution >= 0.6 is 0 Å². The predicted octanol–water partition coefficient (Wildman–Crippen LogP) is 5.70. The Bertz CT molecular complexity index is 1500. The van der Waals surface area contributed by atoms with Crippen molar-refractivity contribution < 1.29 is 13.9 Å². The number of amides is 2. The number of ether oxygens (including phenoxy) is 1. The molecule has 0 aliphatic heterocycles. The number of carbonyl (C=O) groups is 1. The van der Waals surface area contributed by atoms with Crippen molar-refractivity contribution >= 4 is 28.4 Å². The molecular weight excluding hydrogens is 435 g/mol. The van der Waals surface area contributed by atoms with Crippen LogP contribution < -0.4 is 15.4 Å². The summed E-state index contributed by atoms with van der Waals surface area (Å²) in [5, 5.41) is 5.30. The Kier molecular flexibility index (Phi) is 5.57. The van der Waals surface area contributed by atoms with Crippen LogP contribution in [-0.2, 0) is 0 Å². The van der Waals surface area contributed by atoms with Crippen LogP contribution in [0.25, 0.3) is 16.9 Å². The molecule has 0 saturated carbocycles. The molecule has 0 spiro atoms. The van der Waals surface area contributed by atoms with E-state index >= 15 is 0 Å². The Morgan fingerprint density at radius 2 is 1.68 bits per heavy atom. The van der Waals surface area contributed by atoms with Crippen LogP contribution in [0.5, 0.6) is 11.5 Å². The summed E-state index contributed by atoms with van der Waals surface area (Å²) in [4.78, 5) is 25.5. The number of urea groups is 1. The molecule has 2 heterocycles. The lowest BCUT2D eigenvalue weighted by Gasteiger charge is -2.11. The third-order valence-corrected chi connectivity index (χ3v) is 4.98. The lowest BCUT2D eigenvalue weighted by atomic mass is 10.2. The molecule has 0 atom stereocenters. The number of halogens is 1. The Balaban J connectivity index is 1.32. The summed E-state index contributed by atoms with van der Waals surface area (Å²) in [6.07, 6.45) is 5.14. The molecule has 0 aliphatic carbocycles. The summed E-state index contributed by atoms with van der Waals surface area (Å²) >= 11 is 0. The summed E-state index contributed by atoms with van der Waals surface area (Å²) in [5.74, 6) is 1.33. The standard InChI is InChI=1S/C25H19FN6O2/c1-16-13-27-15-32(16)24-14-28-22-9-8-21(12-23(22)31-24)34-20-7-3-6-19(11-20)30-25(33)29-18-5-2-4-17(26)10-18/h2-15H,1H3,(H2,29,30,33). The molecule has 34 heavy (non-hydrogen) atoms. The molecule has 5 aromatic rings. The van der Waals surface area contributed by atoms with Gasteiger partial charge in [0.05, 0.1) is 17.2 Å². The van der Waals surface area contributed by atoms with Gasteiger partial charge < -0.3 is 15.4 Å². The minimum atomic E-state index is -0.494.